The number of rotatable bonds is 6. The van der Waals surface area contributed by atoms with Gasteiger partial charge in [0.05, 0.1) is 6.61 Å². The van der Waals surface area contributed by atoms with Crippen LogP contribution in [0.5, 0.6) is 0 Å². The van der Waals surface area contributed by atoms with Crippen LogP contribution >= 0.6 is 0 Å². The number of hydrogen-bond acceptors (Lipinski definition) is 6. The standard InChI is InChI=1S/C21H19N3O5/c1-2-29-20(28)21(14-22,13-15-9-5-3-6-10-15)24-19(27)18(26)23-17(25)16-11-7-4-8-12-16/h3-12H,2,13H2,1H3,(H,24,27)(H,23,25,26). The number of hydrogen-bond donors (Lipinski definition) is 2. The van der Waals surface area contributed by atoms with Gasteiger partial charge in [0.25, 0.3) is 5.91 Å². The maximum atomic E-state index is 12.4. The van der Waals surface area contributed by atoms with Crippen molar-refractivity contribution in [3.63, 3.8) is 0 Å². The van der Waals surface area contributed by atoms with Crippen LogP contribution in [0.2, 0.25) is 0 Å². The van der Waals surface area contributed by atoms with Crippen LogP contribution in [0.25, 0.3) is 0 Å². The van der Waals surface area contributed by atoms with E-state index in [2.05, 4.69) is 5.32 Å². The van der Waals surface area contributed by atoms with E-state index in [4.69, 9.17) is 4.74 Å². The smallest absolute Gasteiger partial charge is 0.347 e. The number of carbonyl (C=O) groups excluding carboxylic acids is 4. The third kappa shape index (κ3) is 5.49. The summed E-state index contributed by atoms with van der Waals surface area (Å²) in [7, 11) is 0. The Bertz CT molecular complexity index is 938. The predicted octanol–water partition coefficient (Wildman–Crippen LogP) is 1.13. The molecule has 8 nitrogen and oxygen atoms in total. The number of imide groups is 1. The molecule has 148 valence electrons. The highest BCUT2D eigenvalue weighted by atomic mass is 16.5. The van der Waals surface area contributed by atoms with Gasteiger partial charge in [0.2, 0.25) is 5.54 Å². The first-order valence-corrected chi connectivity index (χ1v) is 8.77. The van der Waals surface area contributed by atoms with Crippen molar-refractivity contribution < 1.29 is 23.9 Å². The number of esters is 1. The summed E-state index contributed by atoms with van der Waals surface area (Å²) in [4.78, 5) is 49.0. The predicted molar refractivity (Wildman–Crippen MR) is 102 cm³/mol. The molecule has 0 spiro atoms. The topological polar surface area (TPSA) is 125 Å². The molecule has 0 fully saturated rings. The second kappa shape index (κ2) is 9.80. The summed E-state index contributed by atoms with van der Waals surface area (Å²) in [5, 5.41) is 13.7. The van der Waals surface area contributed by atoms with Crippen molar-refractivity contribution in [2.75, 3.05) is 6.61 Å². The van der Waals surface area contributed by atoms with Gasteiger partial charge in [0.1, 0.15) is 6.07 Å². The summed E-state index contributed by atoms with van der Waals surface area (Å²) in [6.07, 6.45) is -0.213. The second-order valence-corrected chi connectivity index (χ2v) is 6.00. The van der Waals surface area contributed by atoms with Crippen LogP contribution in [0, 0.1) is 11.3 Å². The SMILES string of the molecule is CCOC(=O)C(C#N)(Cc1ccccc1)NC(=O)C(=O)NC(=O)c1ccccc1. The number of carbonyl (C=O) groups is 4. The molecule has 0 saturated carbocycles. The molecule has 8 heteroatoms. The molecular weight excluding hydrogens is 374 g/mol. The Labute approximate surface area is 167 Å². The van der Waals surface area contributed by atoms with Crippen molar-refractivity contribution in [3.8, 4) is 6.07 Å². The molecule has 0 aliphatic rings. The summed E-state index contributed by atoms with van der Waals surface area (Å²) in [5.41, 5.74) is -1.38. The molecule has 2 N–H and O–H groups in total. The molecule has 0 saturated heterocycles. The lowest BCUT2D eigenvalue weighted by atomic mass is 9.92. The zero-order valence-electron chi connectivity index (χ0n) is 15.7. The zero-order chi connectivity index (χ0) is 21.3. The Morgan fingerprint density at radius 1 is 0.966 bits per heavy atom. The average molecular weight is 393 g/mol. The van der Waals surface area contributed by atoms with E-state index < -0.39 is 29.2 Å². The van der Waals surface area contributed by atoms with Crippen LogP contribution in [-0.2, 0) is 25.5 Å². The number of nitrogens with one attached hydrogen (secondary N) is 2. The van der Waals surface area contributed by atoms with E-state index in [0.717, 1.165) is 0 Å². The van der Waals surface area contributed by atoms with Crippen LogP contribution in [0.3, 0.4) is 0 Å². The highest BCUT2D eigenvalue weighted by Gasteiger charge is 2.43. The van der Waals surface area contributed by atoms with Gasteiger partial charge in [-0.15, -0.1) is 0 Å². The minimum atomic E-state index is -2.12. The van der Waals surface area contributed by atoms with E-state index in [1.54, 1.807) is 61.5 Å². The van der Waals surface area contributed by atoms with Gasteiger partial charge in [-0.1, -0.05) is 48.5 Å². The van der Waals surface area contributed by atoms with E-state index in [1.165, 1.54) is 12.1 Å². The van der Waals surface area contributed by atoms with E-state index in [1.807, 2.05) is 5.32 Å². The van der Waals surface area contributed by atoms with Gasteiger partial charge in [-0.2, -0.15) is 5.26 Å². The fraction of sp³-hybridized carbons (Fsp3) is 0.190. The zero-order valence-corrected chi connectivity index (χ0v) is 15.7. The molecule has 0 bridgehead atoms. The third-order valence-corrected chi connectivity index (χ3v) is 3.92. The van der Waals surface area contributed by atoms with Crippen molar-refractivity contribution in [2.24, 2.45) is 0 Å². The molecule has 2 aromatic rings. The van der Waals surface area contributed by atoms with E-state index in [-0.39, 0.29) is 18.6 Å². The first kappa shape index (κ1) is 21.3. The molecule has 0 aliphatic carbocycles. The van der Waals surface area contributed by atoms with Crippen molar-refractivity contribution in [2.45, 2.75) is 18.9 Å². The number of ether oxygens (including phenoxy) is 1. The minimum absolute atomic E-state index is 0.0222. The number of benzene rings is 2. The lowest BCUT2D eigenvalue weighted by Gasteiger charge is -2.25. The number of nitrogens with zero attached hydrogens (tertiary/aromatic N) is 1. The largest absolute Gasteiger partial charge is 0.463 e. The summed E-state index contributed by atoms with van der Waals surface area (Å²) in [5.74, 6) is -4.38. The van der Waals surface area contributed by atoms with Gasteiger partial charge in [-0.05, 0) is 24.6 Å². The van der Waals surface area contributed by atoms with Crippen LogP contribution in [0.1, 0.15) is 22.8 Å². The Morgan fingerprint density at radius 3 is 2.10 bits per heavy atom. The molecule has 0 heterocycles. The second-order valence-electron chi connectivity index (χ2n) is 6.00. The Balaban J connectivity index is 2.19. The molecule has 0 radical (unpaired) electrons. The van der Waals surface area contributed by atoms with E-state index in [0.29, 0.717) is 5.56 Å². The maximum Gasteiger partial charge on any atom is 0.347 e. The van der Waals surface area contributed by atoms with Crippen LogP contribution in [-0.4, -0.2) is 35.8 Å². The first-order valence-electron chi connectivity index (χ1n) is 8.77. The van der Waals surface area contributed by atoms with Gasteiger partial charge >= 0.3 is 17.8 Å². The molecule has 1 unspecified atom stereocenters. The van der Waals surface area contributed by atoms with Crippen molar-refractivity contribution >= 4 is 23.7 Å². The Hall–Kier alpha value is -3.99. The molecule has 29 heavy (non-hydrogen) atoms. The summed E-state index contributed by atoms with van der Waals surface area (Å²) >= 11 is 0. The van der Waals surface area contributed by atoms with Crippen LogP contribution in [0.15, 0.2) is 60.7 Å². The number of nitriles is 1. The quantitative estimate of drug-likeness (QED) is 0.560. The van der Waals surface area contributed by atoms with E-state index in [9.17, 15) is 24.4 Å². The maximum absolute atomic E-state index is 12.4. The molecule has 2 rings (SSSR count). The van der Waals surface area contributed by atoms with Crippen LogP contribution < -0.4 is 10.6 Å². The van der Waals surface area contributed by atoms with Crippen LogP contribution in [0.4, 0.5) is 0 Å². The number of amides is 3. The summed E-state index contributed by atoms with van der Waals surface area (Å²) < 4.78 is 4.93. The Kier molecular flexibility index (Phi) is 7.20. The van der Waals surface area contributed by atoms with Gasteiger partial charge in [0, 0.05) is 12.0 Å². The third-order valence-electron chi connectivity index (χ3n) is 3.92. The molecule has 3 amide bonds. The molecule has 0 aromatic heterocycles. The van der Waals surface area contributed by atoms with Gasteiger partial charge in [0.15, 0.2) is 0 Å². The molecular formula is C21H19N3O5. The fourth-order valence-electron chi connectivity index (χ4n) is 2.51. The summed E-state index contributed by atoms with van der Waals surface area (Å²) in [6.45, 7) is 1.53. The first-order chi connectivity index (χ1) is 13.9. The normalized spacial score (nSPS) is 12.0. The Morgan fingerprint density at radius 2 is 1.55 bits per heavy atom. The molecule has 0 aliphatic heterocycles. The highest BCUT2D eigenvalue weighted by molar-refractivity contribution is 6.39. The minimum Gasteiger partial charge on any atom is -0.463 e. The van der Waals surface area contributed by atoms with Gasteiger partial charge < -0.3 is 10.1 Å². The van der Waals surface area contributed by atoms with Crippen molar-refractivity contribution in [1.29, 1.82) is 5.26 Å². The molecule has 2 aromatic carbocycles. The van der Waals surface area contributed by atoms with Crippen molar-refractivity contribution in [1.82, 2.24) is 10.6 Å². The van der Waals surface area contributed by atoms with Gasteiger partial charge in [-0.25, -0.2) is 4.79 Å². The monoisotopic (exact) mass is 393 g/mol. The fourth-order valence-corrected chi connectivity index (χ4v) is 2.51. The lowest BCUT2D eigenvalue weighted by molar-refractivity contribution is -0.151. The average Bonchev–Trinajstić information content (AvgIpc) is 2.74. The van der Waals surface area contributed by atoms with E-state index >= 15 is 0 Å². The highest BCUT2D eigenvalue weighted by Crippen LogP contribution is 2.16. The molecule has 1 atom stereocenters. The summed E-state index contributed by atoms with van der Waals surface area (Å²) in [6, 6.07) is 18.1. The van der Waals surface area contributed by atoms with Gasteiger partial charge in [-0.3, -0.25) is 19.7 Å². The van der Waals surface area contributed by atoms with Crippen molar-refractivity contribution in [3.05, 3.63) is 71.8 Å². The lowest BCUT2D eigenvalue weighted by Crippen LogP contribution is -2.59.